The summed E-state index contributed by atoms with van der Waals surface area (Å²) in [4.78, 5) is 5.48. The van der Waals surface area contributed by atoms with Crippen molar-refractivity contribution in [3.63, 3.8) is 0 Å². The van der Waals surface area contributed by atoms with Crippen LogP contribution in [-0.4, -0.2) is 18.0 Å². The minimum atomic E-state index is -3.69. The Morgan fingerprint density at radius 2 is 1.97 bits per heavy atom. The molecule has 1 aliphatic carbocycles. The van der Waals surface area contributed by atoms with Crippen molar-refractivity contribution in [3.05, 3.63) is 75.9 Å². The normalized spacial score (nSPS) is 13.3. The Labute approximate surface area is 200 Å². The summed E-state index contributed by atoms with van der Waals surface area (Å²) < 4.78 is 29.7. The lowest BCUT2D eigenvalue weighted by molar-refractivity contribution is 0.601. The molecule has 7 nitrogen and oxygen atoms in total. The van der Waals surface area contributed by atoms with E-state index in [1.807, 2.05) is 22.9 Å². The summed E-state index contributed by atoms with van der Waals surface area (Å²) in [5.74, 6) is 0. The van der Waals surface area contributed by atoms with Gasteiger partial charge in [0, 0.05) is 34.0 Å². The van der Waals surface area contributed by atoms with Crippen molar-refractivity contribution in [2.24, 2.45) is 0 Å². The van der Waals surface area contributed by atoms with E-state index in [0.29, 0.717) is 11.7 Å². The molecule has 0 atom stereocenters. The Kier molecular flexibility index (Phi) is 5.93. The summed E-state index contributed by atoms with van der Waals surface area (Å²) in [6.45, 7) is 0.562. The highest BCUT2D eigenvalue weighted by molar-refractivity contribution is 7.93. The van der Waals surface area contributed by atoms with Crippen LogP contribution in [0.1, 0.15) is 34.5 Å². The number of thiophene rings is 1. The number of benzene rings is 1. The number of thiazole rings is 1. The number of nitrogens with one attached hydrogen (secondary N) is 2. The number of hydrogen-bond donors (Lipinski definition) is 2. The Morgan fingerprint density at radius 3 is 2.73 bits per heavy atom. The van der Waals surface area contributed by atoms with Gasteiger partial charge >= 0.3 is 0 Å². The van der Waals surface area contributed by atoms with Crippen LogP contribution in [0.5, 0.6) is 0 Å². The van der Waals surface area contributed by atoms with E-state index in [1.54, 1.807) is 47.2 Å². The fraction of sp³-hybridized carbons (Fsp3) is 0.217. The highest BCUT2D eigenvalue weighted by atomic mass is 32.2. The van der Waals surface area contributed by atoms with Gasteiger partial charge in [-0.2, -0.15) is 5.26 Å². The predicted molar refractivity (Wildman–Crippen MR) is 132 cm³/mol. The number of sulfonamides is 1. The molecule has 2 N–H and O–H groups in total. The van der Waals surface area contributed by atoms with Crippen LogP contribution < -0.4 is 10.0 Å². The number of aromatic nitrogens is 2. The van der Waals surface area contributed by atoms with Gasteiger partial charge in [-0.25, -0.2) is 13.4 Å². The fourth-order valence-electron chi connectivity index (χ4n) is 4.03. The minimum Gasteiger partial charge on any atom is -0.370 e. The zero-order chi connectivity index (χ0) is 22.8. The van der Waals surface area contributed by atoms with Crippen LogP contribution in [0.15, 0.2) is 59.1 Å². The average Bonchev–Trinajstić information content (AvgIpc) is 3.57. The first-order valence-corrected chi connectivity index (χ1v) is 13.7. The first-order valence-electron chi connectivity index (χ1n) is 10.5. The van der Waals surface area contributed by atoms with Crippen molar-refractivity contribution < 1.29 is 8.42 Å². The lowest BCUT2D eigenvalue weighted by atomic mass is 9.96. The molecule has 0 radical (unpaired) electrons. The number of aryl methyl sites for hydroxylation is 1. The van der Waals surface area contributed by atoms with Gasteiger partial charge in [0.25, 0.3) is 10.0 Å². The molecule has 0 saturated heterocycles. The quantitative estimate of drug-likeness (QED) is 0.369. The van der Waals surface area contributed by atoms with Gasteiger partial charge in [-0.15, -0.1) is 22.7 Å². The Hall–Kier alpha value is -3.13. The minimum absolute atomic E-state index is 0.177. The highest BCUT2D eigenvalue weighted by Gasteiger charge is 2.21. The van der Waals surface area contributed by atoms with Crippen molar-refractivity contribution in [2.45, 2.75) is 37.1 Å². The van der Waals surface area contributed by atoms with Crippen LogP contribution >= 0.6 is 22.7 Å². The molecule has 3 aromatic heterocycles. The van der Waals surface area contributed by atoms with Gasteiger partial charge in [-0.3, -0.25) is 4.72 Å². The predicted octanol–water partition coefficient (Wildman–Crippen LogP) is 5.16. The monoisotopic (exact) mass is 495 g/mol. The van der Waals surface area contributed by atoms with Crippen molar-refractivity contribution in [2.75, 3.05) is 10.0 Å². The average molecular weight is 496 g/mol. The summed E-state index contributed by atoms with van der Waals surface area (Å²) in [7, 11) is -3.69. The molecule has 1 aliphatic rings. The molecule has 33 heavy (non-hydrogen) atoms. The van der Waals surface area contributed by atoms with Gasteiger partial charge in [0.05, 0.1) is 17.0 Å². The van der Waals surface area contributed by atoms with Crippen LogP contribution in [0.4, 0.5) is 10.1 Å². The molecule has 10 heteroatoms. The van der Waals surface area contributed by atoms with E-state index in [9.17, 15) is 13.7 Å². The van der Waals surface area contributed by atoms with Gasteiger partial charge in [0.15, 0.2) is 5.13 Å². The summed E-state index contributed by atoms with van der Waals surface area (Å²) in [6, 6.07) is 13.1. The molecule has 168 valence electrons. The van der Waals surface area contributed by atoms with Crippen molar-refractivity contribution in [1.82, 2.24) is 9.55 Å². The van der Waals surface area contributed by atoms with Crippen LogP contribution in [-0.2, 0) is 29.4 Å². The zero-order valence-electron chi connectivity index (χ0n) is 17.6. The lowest BCUT2D eigenvalue weighted by Crippen LogP contribution is -2.13. The molecular weight excluding hydrogens is 474 g/mol. The summed E-state index contributed by atoms with van der Waals surface area (Å²) >= 11 is 2.93. The van der Waals surface area contributed by atoms with Crippen molar-refractivity contribution in [3.8, 4) is 11.8 Å². The molecule has 0 saturated carbocycles. The maximum Gasteiger partial charge on any atom is 0.263 e. The smallest absolute Gasteiger partial charge is 0.263 e. The second kappa shape index (κ2) is 9.02. The molecular formula is C23H21N5O2S3. The Bertz CT molecular complexity index is 1410. The molecule has 0 fully saturated rings. The van der Waals surface area contributed by atoms with Crippen molar-refractivity contribution >= 4 is 42.8 Å². The van der Waals surface area contributed by atoms with E-state index < -0.39 is 10.0 Å². The van der Waals surface area contributed by atoms with Gasteiger partial charge < -0.3 is 9.88 Å². The topological polar surface area (TPSA) is 99.8 Å². The third-order valence-electron chi connectivity index (χ3n) is 5.63. The zero-order valence-corrected chi connectivity index (χ0v) is 20.1. The largest absolute Gasteiger partial charge is 0.370 e. The van der Waals surface area contributed by atoms with E-state index in [2.05, 4.69) is 21.1 Å². The fourth-order valence-corrected chi connectivity index (χ4v) is 7.05. The van der Waals surface area contributed by atoms with E-state index in [1.165, 1.54) is 28.2 Å². The standard InChI is InChI=1S/C23H21N5O2S3/c24-14-20-19-5-1-2-6-21(19)32-22(20)26-15-17-4-3-12-28(17)16-7-9-18(10-8-16)33(29,30)27-23-25-11-13-31-23/h3-4,7-13,26H,1-2,5-6,15H2,(H,25,27). The van der Waals surface area contributed by atoms with Crippen LogP contribution in [0.2, 0.25) is 0 Å². The van der Waals surface area contributed by atoms with E-state index in [4.69, 9.17) is 0 Å². The Morgan fingerprint density at radius 1 is 1.15 bits per heavy atom. The second-order valence-electron chi connectivity index (χ2n) is 7.69. The highest BCUT2D eigenvalue weighted by Crippen LogP contribution is 2.37. The molecule has 0 spiro atoms. The first-order chi connectivity index (χ1) is 16.0. The third kappa shape index (κ3) is 4.39. The third-order valence-corrected chi connectivity index (χ3v) is 9.05. The van der Waals surface area contributed by atoms with E-state index in [-0.39, 0.29) is 4.90 Å². The maximum atomic E-state index is 12.6. The Balaban J connectivity index is 1.33. The second-order valence-corrected chi connectivity index (χ2v) is 11.4. The number of anilines is 2. The lowest BCUT2D eigenvalue weighted by Gasteiger charge is -2.12. The number of nitriles is 1. The maximum absolute atomic E-state index is 12.6. The number of rotatable bonds is 7. The molecule has 0 amide bonds. The molecule has 5 rings (SSSR count). The number of fused-ring (bicyclic) bond motifs is 1. The number of hydrogen-bond acceptors (Lipinski definition) is 7. The molecule has 0 aliphatic heterocycles. The van der Waals surface area contributed by atoms with Gasteiger partial charge in [0.2, 0.25) is 0 Å². The van der Waals surface area contributed by atoms with Gasteiger partial charge in [-0.05, 0) is 67.6 Å². The summed E-state index contributed by atoms with van der Waals surface area (Å²) in [6.07, 6.45) is 7.87. The molecule has 0 unspecified atom stereocenters. The molecule has 4 aromatic rings. The molecule has 3 heterocycles. The SMILES string of the molecule is N#Cc1c(NCc2cccn2-c2ccc(S(=O)(=O)Nc3nccs3)cc2)sc2c1CCCC2. The van der Waals surface area contributed by atoms with E-state index in [0.717, 1.165) is 41.2 Å². The van der Waals surface area contributed by atoms with Gasteiger partial charge in [0.1, 0.15) is 11.1 Å². The molecule has 1 aromatic carbocycles. The van der Waals surface area contributed by atoms with Crippen molar-refractivity contribution in [1.29, 1.82) is 5.26 Å². The summed E-state index contributed by atoms with van der Waals surface area (Å²) in [5, 5.41) is 16.1. The first kappa shape index (κ1) is 21.7. The number of nitrogens with zero attached hydrogens (tertiary/aromatic N) is 3. The molecule has 0 bridgehead atoms. The summed E-state index contributed by atoms with van der Waals surface area (Å²) in [5.41, 5.74) is 3.88. The van der Waals surface area contributed by atoms with Gasteiger partial charge in [-0.1, -0.05) is 0 Å². The van der Waals surface area contributed by atoms with Crippen LogP contribution in [0.3, 0.4) is 0 Å². The van der Waals surface area contributed by atoms with E-state index >= 15 is 0 Å². The van der Waals surface area contributed by atoms with Crippen LogP contribution in [0.25, 0.3) is 5.69 Å². The van der Waals surface area contributed by atoms with Crippen LogP contribution in [0, 0.1) is 11.3 Å².